The molecule has 1 N–H and O–H groups in total. The number of rotatable bonds is 8. The Morgan fingerprint density at radius 2 is 1.69 bits per heavy atom. The summed E-state index contributed by atoms with van der Waals surface area (Å²) in [4.78, 5) is 0. The van der Waals surface area contributed by atoms with Crippen molar-refractivity contribution < 1.29 is 47.6 Å². The second-order valence-electron chi connectivity index (χ2n) is 3.88. The first-order valence-corrected chi connectivity index (χ1v) is 7.03. The summed E-state index contributed by atoms with van der Waals surface area (Å²) in [6.45, 7) is 3.85. The molecule has 2 atom stereocenters. The van der Waals surface area contributed by atoms with Crippen molar-refractivity contribution in [2.75, 3.05) is 0 Å². The smallest absolute Gasteiger partial charge is 0.748 e. The van der Waals surface area contributed by atoms with Gasteiger partial charge in [-0.1, -0.05) is 39.5 Å². The van der Waals surface area contributed by atoms with Gasteiger partial charge in [-0.2, -0.15) is 0 Å². The number of unbranched alkanes of at least 4 members (excludes halogenated alkanes) is 2. The summed E-state index contributed by atoms with van der Waals surface area (Å²) in [5.74, 6) is 0. The Morgan fingerprint density at radius 3 is 2.06 bits per heavy atom. The van der Waals surface area contributed by atoms with Gasteiger partial charge in [-0.25, -0.2) is 8.42 Å². The molecule has 4 nitrogen and oxygen atoms in total. The predicted molar refractivity (Wildman–Crippen MR) is 58.5 cm³/mol. The van der Waals surface area contributed by atoms with E-state index in [1.807, 2.05) is 13.8 Å². The molecule has 0 aliphatic rings. The van der Waals surface area contributed by atoms with Gasteiger partial charge in [0, 0.05) is 0 Å². The fraction of sp³-hybridized carbons (Fsp3) is 1.00. The third kappa shape index (κ3) is 8.03. The first-order valence-electron chi connectivity index (χ1n) is 5.56. The molecule has 0 aromatic rings. The average molecular weight is 260 g/mol. The van der Waals surface area contributed by atoms with Gasteiger partial charge in [0.1, 0.15) is 10.1 Å². The first-order chi connectivity index (χ1) is 6.93. The molecule has 0 rings (SSSR count). The zero-order valence-electron chi connectivity index (χ0n) is 10.5. The van der Waals surface area contributed by atoms with Crippen LogP contribution in [-0.4, -0.2) is 29.4 Å². The van der Waals surface area contributed by atoms with Gasteiger partial charge in [-0.05, 0) is 12.8 Å². The molecule has 92 valence electrons. The van der Waals surface area contributed by atoms with Gasteiger partial charge in [0.05, 0.1) is 11.4 Å². The van der Waals surface area contributed by atoms with Gasteiger partial charge in [-0.15, -0.1) is 0 Å². The minimum Gasteiger partial charge on any atom is -0.748 e. The van der Waals surface area contributed by atoms with Gasteiger partial charge in [0.15, 0.2) is 0 Å². The zero-order valence-corrected chi connectivity index (χ0v) is 13.3. The van der Waals surface area contributed by atoms with E-state index in [0.29, 0.717) is 19.3 Å². The minimum absolute atomic E-state index is 0. The van der Waals surface area contributed by atoms with Crippen LogP contribution in [-0.2, 0) is 10.1 Å². The molecule has 0 aliphatic carbocycles. The van der Waals surface area contributed by atoms with Crippen molar-refractivity contribution in [3.63, 3.8) is 0 Å². The fourth-order valence-electron chi connectivity index (χ4n) is 1.61. The van der Waals surface area contributed by atoms with Crippen LogP contribution < -0.4 is 29.6 Å². The summed E-state index contributed by atoms with van der Waals surface area (Å²) < 4.78 is 32.8. The number of aliphatic hydroxyl groups excluding tert-OH is 1. The van der Waals surface area contributed by atoms with E-state index in [1.165, 1.54) is 0 Å². The van der Waals surface area contributed by atoms with Crippen LogP contribution in [0.2, 0.25) is 0 Å². The van der Waals surface area contributed by atoms with Gasteiger partial charge in [0.2, 0.25) is 0 Å². The maximum atomic E-state index is 10.9. The van der Waals surface area contributed by atoms with Crippen LogP contribution in [0.1, 0.15) is 52.4 Å². The topological polar surface area (TPSA) is 77.4 Å². The second kappa shape index (κ2) is 9.85. The summed E-state index contributed by atoms with van der Waals surface area (Å²) >= 11 is 0. The Morgan fingerprint density at radius 1 is 1.12 bits per heavy atom. The van der Waals surface area contributed by atoms with Gasteiger partial charge in [-0.3, -0.25) is 0 Å². The maximum absolute atomic E-state index is 10.9. The first kappa shape index (κ1) is 19.2. The molecular formula is C10H21NaO4S. The molecule has 0 saturated carbocycles. The molecule has 6 heteroatoms. The zero-order chi connectivity index (χ0) is 11.9. The number of aliphatic hydroxyl groups is 1. The fourth-order valence-corrected chi connectivity index (χ4v) is 2.58. The van der Waals surface area contributed by atoms with Crippen LogP contribution in [0.15, 0.2) is 0 Å². The van der Waals surface area contributed by atoms with Crippen molar-refractivity contribution in [3.8, 4) is 0 Å². The monoisotopic (exact) mass is 260 g/mol. The van der Waals surface area contributed by atoms with Crippen LogP contribution >= 0.6 is 0 Å². The van der Waals surface area contributed by atoms with Crippen molar-refractivity contribution in [2.45, 2.75) is 63.7 Å². The van der Waals surface area contributed by atoms with Crippen LogP contribution in [0.5, 0.6) is 0 Å². The summed E-state index contributed by atoms with van der Waals surface area (Å²) in [5.41, 5.74) is 0. The van der Waals surface area contributed by atoms with Gasteiger partial charge in [0.25, 0.3) is 0 Å². The quantitative estimate of drug-likeness (QED) is 0.332. The Hall–Kier alpha value is 0.870. The van der Waals surface area contributed by atoms with E-state index in [1.54, 1.807) is 0 Å². The molecule has 0 fully saturated rings. The van der Waals surface area contributed by atoms with Crippen LogP contribution in [0.25, 0.3) is 0 Å². The molecule has 0 spiro atoms. The van der Waals surface area contributed by atoms with Crippen LogP contribution in [0.4, 0.5) is 0 Å². The van der Waals surface area contributed by atoms with Crippen molar-refractivity contribution in [1.82, 2.24) is 0 Å². The number of hydrogen-bond acceptors (Lipinski definition) is 4. The third-order valence-corrected chi connectivity index (χ3v) is 3.77. The standard InChI is InChI=1S/C10H22O4S.Na/c1-3-5-6-8-10(15(12,13)14)9(11)7-4-2;/h9-11H,3-8H2,1-2H3,(H,12,13,14);/q;+1/p-1. The molecule has 16 heavy (non-hydrogen) atoms. The van der Waals surface area contributed by atoms with Crippen molar-refractivity contribution in [3.05, 3.63) is 0 Å². The molecule has 0 heterocycles. The van der Waals surface area contributed by atoms with E-state index < -0.39 is 21.5 Å². The molecule has 0 bridgehead atoms. The second-order valence-corrected chi connectivity index (χ2v) is 5.47. The van der Waals surface area contributed by atoms with Crippen molar-refractivity contribution in [1.29, 1.82) is 0 Å². The molecule has 0 aliphatic heterocycles. The van der Waals surface area contributed by atoms with Crippen LogP contribution in [0, 0.1) is 0 Å². The SMILES string of the molecule is CCCCCC(C(O)CCC)S(=O)(=O)[O-].[Na+]. The molecule has 0 radical (unpaired) electrons. The molecule has 0 saturated heterocycles. The van der Waals surface area contributed by atoms with E-state index in [0.717, 1.165) is 12.8 Å². The summed E-state index contributed by atoms with van der Waals surface area (Å²) in [7, 11) is -4.37. The minimum atomic E-state index is -4.37. The van der Waals surface area contributed by atoms with E-state index in [9.17, 15) is 18.1 Å². The Kier molecular flexibility index (Phi) is 11.8. The maximum Gasteiger partial charge on any atom is 1.00 e. The van der Waals surface area contributed by atoms with E-state index in [2.05, 4.69) is 0 Å². The normalized spacial score (nSPS) is 15.2. The molecule has 0 amide bonds. The molecular weight excluding hydrogens is 239 g/mol. The Labute approximate surface area is 121 Å². The van der Waals surface area contributed by atoms with E-state index in [4.69, 9.17) is 0 Å². The summed E-state index contributed by atoms with van der Waals surface area (Å²) in [6.07, 6.45) is 2.87. The van der Waals surface area contributed by atoms with E-state index >= 15 is 0 Å². The summed E-state index contributed by atoms with van der Waals surface area (Å²) in [5, 5.41) is 8.44. The predicted octanol–water partition coefficient (Wildman–Crippen LogP) is -1.35. The largest absolute Gasteiger partial charge is 1.00 e. The third-order valence-electron chi connectivity index (χ3n) is 2.48. The Bertz CT molecular complexity index is 254. The summed E-state index contributed by atoms with van der Waals surface area (Å²) in [6, 6.07) is 0. The Balaban J connectivity index is 0. The van der Waals surface area contributed by atoms with Crippen LogP contribution in [0.3, 0.4) is 0 Å². The van der Waals surface area contributed by atoms with Gasteiger partial charge >= 0.3 is 29.6 Å². The molecule has 2 unspecified atom stereocenters. The van der Waals surface area contributed by atoms with Crippen molar-refractivity contribution in [2.24, 2.45) is 0 Å². The van der Waals surface area contributed by atoms with Gasteiger partial charge < -0.3 is 9.66 Å². The molecule has 0 aromatic carbocycles. The number of hydrogen-bond donors (Lipinski definition) is 1. The molecule has 0 aromatic heterocycles. The van der Waals surface area contributed by atoms with E-state index in [-0.39, 0.29) is 36.0 Å². The average Bonchev–Trinajstić information content (AvgIpc) is 2.10. The van der Waals surface area contributed by atoms with Crippen molar-refractivity contribution >= 4 is 10.1 Å².